The van der Waals surface area contributed by atoms with Gasteiger partial charge in [0.2, 0.25) is 23.1 Å². The Morgan fingerprint density at radius 2 is 1.40 bits per heavy atom. The number of phenolic OH excluding ortho intramolecular Hbond substituents is 4. The van der Waals surface area contributed by atoms with E-state index >= 15 is 0 Å². The quantitative estimate of drug-likeness (QED) is 0.106. The first kappa shape index (κ1) is 25.1. The van der Waals surface area contributed by atoms with Gasteiger partial charge in [-0.25, -0.2) is 0 Å². The maximum atomic E-state index is 13.1. The Balaban J connectivity index is 1.91. The molecule has 4 rings (SSSR count). The maximum absolute atomic E-state index is 13.1. The molecule has 35 heavy (non-hydrogen) atoms. The van der Waals surface area contributed by atoms with Gasteiger partial charge in [-0.3, -0.25) is 9.69 Å². The van der Waals surface area contributed by atoms with Crippen LogP contribution in [0.1, 0.15) is 29.8 Å². The molecule has 13 N–H and O–H groups in total. The molecule has 2 aliphatic rings. The number of aromatic hydroxyl groups is 4. The van der Waals surface area contributed by atoms with Gasteiger partial charge >= 0.3 is 6.10 Å². The van der Waals surface area contributed by atoms with Crippen molar-refractivity contribution in [2.45, 2.75) is 54.7 Å². The number of piperidine rings is 2. The first-order chi connectivity index (χ1) is 15.9. The van der Waals surface area contributed by atoms with Gasteiger partial charge in [-0.15, -0.1) is 0 Å². The summed E-state index contributed by atoms with van der Waals surface area (Å²) in [7, 11) is 1.34. The second kappa shape index (κ2) is 7.26. The second-order valence-corrected chi connectivity index (χ2v) is 8.72. The summed E-state index contributed by atoms with van der Waals surface area (Å²) in [4.78, 5) is 14.3. The number of carbonyl (C=O) groups is 1. The molecule has 17 nitrogen and oxygen atoms in total. The highest BCUT2D eigenvalue weighted by molar-refractivity contribution is 6.10. The van der Waals surface area contributed by atoms with Gasteiger partial charge in [-0.2, -0.15) is 9.78 Å². The number of nitrogens with zero attached hydrogens (tertiary/aromatic N) is 3. The van der Waals surface area contributed by atoms with Crippen molar-refractivity contribution in [2.75, 3.05) is 7.05 Å². The molecule has 0 radical (unpaired) electrons. The van der Waals surface area contributed by atoms with E-state index in [0.717, 1.165) is 0 Å². The zero-order valence-corrected chi connectivity index (χ0v) is 17.9. The maximum Gasteiger partial charge on any atom is 0.389 e. The molecule has 2 aromatic rings. The monoisotopic (exact) mass is 504 g/mol. The lowest BCUT2D eigenvalue weighted by Gasteiger charge is -2.62. The van der Waals surface area contributed by atoms with Gasteiger partial charge in [-0.1, -0.05) is 0 Å². The zero-order valence-electron chi connectivity index (χ0n) is 17.9. The molecule has 2 atom stereocenters. The van der Waals surface area contributed by atoms with Crippen LogP contribution >= 0.6 is 0 Å². The van der Waals surface area contributed by atoms with E-state index in [4.69, 9.17) is 0 Å². The molecule has 1 amide bonds. The van der Waals surface area contributed by atoms with E-state index in [0.29, 0.717) is 6.42 Å². The van der Waals surface area contributed by atoms with Crippen molar-refractivity contribution in [2.24, 2.45) is 0 Å². The molecule has 1 aromatic carbocycles. The SMILES string of the molecule is CN1C2CCCC1C(O)(O)C(O)(NC(=O)c1nn(C(O)(O)O)c3c(O)c(O)c(O)c(O)c13)C2(O)O. The smallest absolute Gasteiger partial charge is 0.389 e. The Morgan fingerprint density at radius 1 is 0.914 bits per heavy atom. The van der Waals surface area contributed by atoms with Crippen molar-refractivity contribution < 1.29 is 66.1 Å². The predicted molar refractivity (Wildman–Crippen MR) is 107 cm³/mol. The Hall–Kier alpha value is -3.00. The standard InChI is InChI=1S/C18H24N4O13/c1-21-5-3-2-4-6(21)16(30,31)17(32,15(5,28)29)19-14(27)8-7-9(22(20-8)18(33,34)35)11(24)13(26)12(25)10(7)23/h5-6,23-26,28-35H,2-4H2,1H3,(H,19,27). The van der Waals surface area contributed by atoms with Crippen molar-refractivity contribution in [1.29, 1.82) is 0 Å². The van der Waals surface area contributed by atoms with Crippen LogP contribution in [-0.4, -0.2) is 118 Å². The minimum atomic E-state index is -3.96. The number of rotatable bonds is 3. The van der Waals surface area contributed by atoms with Crippen LogP contribution in [-0.2, 0) is 6.10 Å². The summed E-state index contributed by atoms with van der Waals surface area (Å²) in [6, 6.07) is -2.60. The lowest BCUT2D eigenvalue weighted by atomic mass is 9.71. The van der Waals surface area contributed by atoms with Crippen LogP contribution in [0.4, 0.5) is 0 Å². The van der Waals surface area contributed by atoms with E-state index in [1.165, 1.54) is 11.9 Å². The summed E-state index contributed by atoms with van der Waals surface area (Å²) in [5.74, 6) is -14.1. The third-order valence-electron chi connectivity index (χ3n) is 6.75. The Morgan fingerprint density at radius 3 is 1.89 bits per heavy atom. The number of likely N-dealkylation sites (N-methyl/N-ethyl adjacent to an activating group) is 1. The fourth-order valence-electron chi connectivity index (χ4n) is 4.95. The number of carbonyl (C=O) groups excluding carboxylic acids is 1. The van der Waals surface area contributed by atoms with E-state index in [2.05, 4.69) is 5.10 Å². The van der Waals surface area contributed by atoms with E-state index in [-0.39, 0.29) is 17.5 Å². The summed E-state index contributed by atoms with van der Waals surface area (Å²) in [5, 5.41) is 127. The molecule has 17 heteroatoms. The number of hydrogen-bond acceptors (Lipinski definition) is 15. The topological polar surface area (TPSA) is 293 Å². The molecule has 0 saturated carbocycles. The average molecular weight is 504 g/mol. The Kier molecular flexibility index (Phi) is 5.21. The number of hydrogen-bond donors (Lipinski definition) is 13. The van der Waals surface area contributed by atoms with Crippen molar-refractivity contribution in [3.05, 3.63) is 5.69 Å². The third-order valence-corrected chi connectivity index (χ3v) is 6.75. The summed E-state index contributed by atoms with van der Waals surface area (Å²) in [6.07, 6.45) is -3.52. The molecule has 2 saturated heterocycles. The first-order valence-corrected chi connectivity index (χ1v) is 10.1. The normalized spacial score (nSPS) is 28.3. The summed E-state index contributed by atoms with van der Waals surface area (Å²) < 4.78 is -0.269. The molecule has 194 valence electrons. The van der Waals surface area contributed by atoms with Gasteiger partial charge in [0.05, 0.1) is 17.5 Å². The van der Waals surface area contributed by atoms with Gasteiger partial charge in [0.1, 0.15) is 5.52 Å². The second-order valence-electron chi connectivity index (χ2n) is 8.72. The zero-order chi connectivity index (χ0) is 26.5. The van der Waals surface area contributed by atoms with Crippen LogP contribution in [0.15, 0.2) is 0 Å². The van der Waals surface area contributed by atoms with Gasteiger partial charge in [0.25, 0.3) is 11.6 Å². The Labute approximate surface area is 194 Å². The highest BCUT2D eigenvalue weighted by Crippen LogP contribution is 2.51. The highest BCUT2D eigenvalue weighted by atomic mass is 16.7. The van der Waals surface area contributed by atoms with Crippen LogP contribution < -0.4 is 5.32 Å². The van der Waals surface area contributed by atoms with Crippen LogP contribution in [0, 0.1) is 0 Å². The van der Waals surface area contributed by atoms with E-state index in [1.54, 1.807) is 5.32 Å². The molecule has 2 aliphatic heterocycles. The average Bonchev–Trinajstić information content (AvgIpc) is 3.16. The third kappa shape index (κ3) is 3.08. The van der Waals surface area contributed by atoms with Crippen LogP contribution in [0.2, 0.25) is 0 Å². The van der Waals surface area contributed by atoms with Gasteiger partial charge < -0.3 is 66.6 Å². The summed E-state index contributed by atoms with van der Waals surface area (Å²) in [5.41, 5.74) is -5.91. The molecule has 2 fully saturated rings. The lowest BCUT2D eigenvalue weighted by Crippen LogP contribution is -2.89. The molecule has 1 aromatic heterocycles. The minimum absolute atomic E-state index is 0.0652. The fourth-order valence-corrected chi connectivity index (χ4v) is 4.95. The van der Waals surface area contributed by atoms with Crippen molar-refractivity contribution >= 4 is 16.8 Å². The number of phenols is 4. The molecule has 0 aliphatic carbocycles. The number of amides is 1. The molecular weight excluding hydrogens is 480 g/mol. The van der Waals surface area contributed by atoms with Crippen LogP contribution in [0.25, 0.3) is 10.9 Å². The largest absolute Gasteiger partial charge is 0.504 e. The number of aliphatic hydroxyl groups is 8. The number of benzene rings is 1. The molecular formula is C18H24N4O13. The summed E-state index contributed by atoms with van der Waals surface area (Å²) in [6.45, 7) is 0. The molecule has 2 bridgehead atoms. The van der Waals surface area contributed by atoms with Crippen molar-refractivity contribution in [1.82, 2.24) is 20.0 Å². The van der Waals surface area contributed by atoms with E-state index in [1.807, 2.05) is 0 Å². The number of nitrogens with one attached hydrogen (secondary N) is 1. The molecule has 3 heterocycles. The van der Waals surface area contributed by atoms with Gasteiger partial charge in [0.15, 0.2) is 17.2 Å². The number of aromatic nitrogens is 2. The first-order valence-electron chi connectivity index (χ1n) is 10.1. The van der Waals surface area contributed by atoms with E-state index < -0.39 is 81.0 Å². The van der Waals surface area contributed by atoms with Gasteiger partial charge in [-0.05, 0) is 26.3 Å². The molecule has 0 spiro atoms. The van der Waals surface area contributed by atoms with Crippen LogP contribution in [0.5, 0.6) is 23.0 Å². The molecule has 2 unspecified atom stereocenters. The van der Waals surface area contributed by atoms with Crippen LogP contribution in [0.3, 0.4) is 0 Å². The van der Waals surface area contributed by atoms with Gasteiger partial charge in [0, 0.05) is 0 Å². The summed E-state index contributed by atoms with van der Waals surface area (Å²) >= 11 is 0. The number of fused-ring (bicyclic) bond motifs is 3. The predicted octanol–water partition coefficient (Wildman–Crippen LogP) is -4.95. The lowest BCUT2D eigenvalue weighted by molar-refractivity contribution is -0.443. The van der Waals surface area contributed by atoms with Crippen molar-refractivity contribution in [3.8, 4) is 23.0 Å². The van der Waals surface area contributed by atoms with E-state index in [9.17, 15) is 66.1 Å². The minimum Gasteiger partial charge on any atom is -0.504 e. The van der Waals surface area contributed by atoms with Crippen molar-refractivity contribution in [3.63, 3.8) is 0 Å². The fraction of sp³-hybridized carbons (Fsp3) is 0.556. The Bertz CT molecular complexity index is 1190. The highest BCUT2D eigenvalue weighted by Gasteiger charge is 2.74.